The van der Waals surface area contributed by atoms with Crippen LogP contribution in [0.3, 0.4) is 0 Å². The van der Waals surface area contributed by atoms with Crippen molar-refractivity contribution in [2.45, 2.75) is 6.42 Å². The maximum atomic E-state index is 11.0. The van der Waals surface area contributed by atoms with Gasteiger partial charge in [0.05, 0.1) is 16.7 Å². The molecule has 0 amide bonds. The van der Waals surface area contributed by atoms with Crippen LogP contribution in [0, 0.1) is 0 Å². The second-order valence-corrected chi connectivity index (χ2v) is 14.4. The first kappa shape index (κ1) is 36.0. The number of para-hydroxylation sites is 1. The summed E-state index contributed by atoms with van der Waals surface area (Å²) in [5.41, 5.74) is 15.9. The molecule has 0 aliphatic heterocycles. The highest BCUT2D eigenvalue weighted by Gasteiger charge is 2.25. The zero-order chi connectivity index (χ0) is 39.9. The maximum Gasteiger partial charge on any atom is 0.185 e. The molecular formula is C50H38BN3O4. The fraction of sp³-hybridized carbons (Fsp3) is 0.0200. The number of amidine groups is 1. The predicted molar refractivity (Wildman–Crippen MR) is 239 cm³/mol. The standard InChI is InChI=1S/C50H38BN3O4/c51-44-46(55)48(57)45(49(58)47(44)56)54-42-18-10-9-17-39(42)40-29-34(24-28-43(40)54)31-20-22-32(23-21-31)35-25-26-38(37-16-8-7-15-36(35)37)41(27-19-30-11-3-1-4-12-30)53-50(52)33-13-5-2-6-14-33/h1-18,20-29,55-58H,19,51H2,(H2,52,53)/b41-27-. The Morgan fingerprint density at radius 3 is 1.83 bits per heavy atom. The molecule has 0 saturated heterocycles. The molecule has 280 valence electrons. The number of rotatable bonds is 8. The van der Waals surface area contributed by atoms with Crippen LogP contribution in [0.1, 0.15) is 16.7 Å². The fourth-order valence-electron chi connectivity index (χ4n) is 7.87. The Balaban J connectivity index is 1.11. The number of aromatic nitrogens is 1. The van der Waals surface area contributed by atoms with E-state index in [9.17, 15) is 20.4 Å². The van der Waals surface area contributed by atoms with Crippen LogP contribution in [0.5, 0.6) is 23.0 Å². The normalized spacial score (nSPS) is 12.1. The Bertz CT molecular complexity index is 3050. The SMILES string of the molecule is Bc1c(O)c(O)c(-n2c3ccccc3c3cc(-c4ccc(-c5ccc(C(=C/Cc6ccccc6)/N=C(\N)c6ccccc6)c6ccccc56)cc4)ccc32)c(O)c1O. The van der Waals surface area contributed by atoms with Crippen molar-refractivity contribution in [2.75, 3.05) is 0 Å². The van der Waals surface area contributed by atoms with Gasteiger partial charge in [-0.3, -0.25) is 0 Å². The Morgan fingerprint density at radius 2 is 1.12 bits per heavy atom. The molecule has 0 spiro atoms. The van der Waals surface area contributed by atoms with Crippen LogP contribution >= 0.6 is 0 Å². The topological polar surface area (TPSA) is 124 Å². The summed E-state index contributed by atoms with van der Waals surface area (Å²) in [6.45, 7) is 0. The molecule has 0 bridgehead atoms. The second-order valence-electron chi connectivity index (χ2n) is 14.4. The molecule has 0 radical (unpaired) electrons. The molecule has 58 heavy (non-hydrogen) atoms. The summed E-state index contributed by atoms with van der Waals surface area (Å²) in [7, 11) is 1.43. The molecular weight excluding hydrogens is 717 g/mol. The van der Waals surface area contributed by atoms with Gasteiger partial charge in [0.2, 0.25) is 0 Å². The van der Waals surface area contributed by atoms with Crippen molar-refractivity contribution in [1.82, 2.24) is 4.57 Å². The Labute approximate surface area is 336 Å². The molecule has 0 unspecified atom stereocenters. The molecule has 1 heterocycles. The van der Waals surface area contributed by atoms with E-state index in [1.807, 2.05) is 84.9 Å². The number of hydrogen-bond donors (Lipinski definition) is 5. The Hall–Kier alpha value is -7.71. The molecule has 0 atom stereocenters. The van der Waals surface area contributed by atoms with E-state index in [0.717, 1.165) is 60.6 Å². The second kappa shape index (κ2) is 14.7. The van der Waals surface area contributed by atoms with E-state index in [4.69, 9.17) is 10.7 Å². The van der Waals surface area contributed by atoms with Crippen molar-refractivity contribution in [3.8, 4) is 50.9 Å². The smallest absolute Gasteiger partial charge is 0.185 e. The molecule has 0 saturated carbocycles. The lowest BCUT2D eigenvalue weighted by molar-refractivity contribution is 0.376. The van der Waals surface area contributed by atoms with Crippen LogP contribution < -0.4 is 11.2 Å². The third-order valence-corrected chi connectivity index (χ3v) is 10.9. The van der Waals surface area contributed by atoms with Crippen molar-refractivity contribution in [3.63, 3.8) is 0 Å². The van der Waals surface area contributed by atoms with Crippen LogP contribution in [0.15, 0.2) is 175 Å². The number of nitrogens with zero attached hydrogens (tertiary/aromatic N) is 2. The molecule has 1 aromatic heterocycles. The molecule has 9 rings (SSSR count). The number of hydrogen-bond acceptors (Lipinski definition) is 5. The summed E-state index contributed by atoms with van der Waals surface area (Å²) in [6, 6.07) is 55.0. The highest BCUT2D eigenvalue weighted by Crippen LogP contribution is 2.46. The number of benzene rings is 8. The molecule has 8 heteroatoms. The van der Waals surface area contributed by atoms with Crippen LogP contribution in [0.4, 0.5) is 0 Å². The van der Waals surface area contributed by atoms with Crippen molar-refractivity contribution >= 4 is 57.4 Å². The number of aliphatic imine (C=N–C) groups is 1. The van der Waals surface area contributed by atoms with E-state index in [1.165, 1.54) is 13.4 Å². The first-order valence-electron chi connectivity index (χ1n) is 19.0. The lowest BCUT2D eigenvalue weighted by Crippen LogP contribution is -2.13. The van der Waals surface area contributed by atoms with Crippen LogP contribution in [0.25, 0.3) is 66.2 Å². The van der Waals surface area contributed by atoms with Gasteiger partial charge in [0, 0.05) is 27.4 Å². The van der Waals surface area contributed by atoms with Gasteiger partial charge in [0.1, 0.15) is 19.4 Å². The molecule has 6 N–H and O–H groups in total. The van der Waals surface area contributed by atoms with E-state index in [0.29, 0.717) is 23.3 Å². The number of nitrogens with two attached hydrogens (primary N) is 1. The van der Waals surface area contributed by atoms with E-state index in [-0.39, 0.29) is 11.2 Å². The minimum atomic E-state index is -0.515. The van der Waals surface area contributed by atoms with E-state index in [1.54, 1.807) is 4.57 Å². The average molecular weight is 756 g/mol. The molecule has 8 aromatic carbocycles. The first-order valence-corrected chi connectivity index (χ1v) is 19.0. The summed E-state index contributed by atoms with van der Waals surface area (Å²) in [5.74, 6) is -1.55. The number of allylic oxidation sites excluding steroid dienone is 1. The lowest BCUT2D eigenvalue weighted by Gasteiger charge is -2.16. The van der Waals surface area contributed by atoms with Gasteiger partial charge < -0.3 is 30.7 Å². The zero-order valence-electron chi connectivity index (χ0n) is 31.6. The molecule has 0 aliphatic rings. The van der Waals surface area contributed by atoms with Crippen molar-refractivity contribution < 1.29 is 20.4 Å². The van der Waals surface area contributed by atoms with Gasteiger partial charge in [0.25, 0.3) is 0 Å². The van der Waals surface area contributed by atoms with Gasteiger partial charge >= 0.3 is 0 Å². The monoisotopic (exact) mass is 755 g/mol. The van der Waals surface area contributed by atoms with Gasteiger partial charge in [-0.1, -0.05) is 152 Å². The van der Waals surface area contributed by atoms with Crippen molar-refractivity contribution in [1.29, 1.82) is 0 Å². The highest BCUT2D eigenvalue weighted by molar-refractivity contribution is 6.37. The largest absolute Gasteiger partial charge is 0.505 e. The summed E-state index contributed by atoms with van der Waals surface area (Å²) >= 11 is 0. The number of fused-ring (bicyclic) bond motifs is 4. The number of phenolic OH excluding ortho intramolecular Hbond substituents is 4. The summed E-state index contributed by atoms with van der Waals surface area (Å²) in [5, 5.41) is 47.2. The van der Waals surface area contributed by atoms with Gasteiger partial charge in [-0.05, 0) is 63.2 Å². The molecule has 9 aromatic rings. The van der Waals surface area contributed by atoms with Gasteiger partial charge in [-0.2, -0.15) is 0 Å². The number of phenols is 4. The van der Waals surface area contributed by atoms with Gasteiger partial charge in [0.15, 0.2) is 23.0 Å². The lowest BCUT2D eigenvalue weighted by atomic mass is 9.92. The van der Waals surface area contributed by atoms with E-state index >= 15 is 0 Å². The minimum Gasteiger partial charge on any atom is -0.505 e. The molecule has 7 nitrogen and oxygen atoms in total. The van der Waals surface area contributed by atoms with Crippen LogP contribution in [-0.2, 0) is 6.42 Å². The quantitative estimate of drug-likeness (QED) is 0.0348. The van der Waals surface area contributed by atoms with Crippen LogP contribution in [0.2, 0.25) is 0 Å². The summed E-state index contributed by atoms with van der Waals surface area (Å²) in [4.78, 5) is 5.02. The third kappa shape index (κ3) is 6.27. The fourth-order valence-corrected chi connectivity index (χ4v) is 7.87. The minimum absolute atomic E-state index is 0.00667. The van der Waals surface area contributed by atoms with Crippen molar-refractivity contribution in [3.05, 3.63) is 187 Å². The van der Waals surface area contributed by atoms with Gasteiger partial charge in [-0.15, -0.1) is 0 Å². The van der Waals surface area contributed by atoms with E-state index < -0.39 is 23.0 Å². The Morgan fingerprint density at radius 1 is 0.552 bits per heavy atom. The summed E-state index contributed by atoms with van der Waals surface area (Å²) in [6.07, 6.45) is 2.85. The zero-order valence-corrected chi connectivity index (χ0v) is 31.6. The van der Waals surface area contributed by atoms with Crippen molar-refractivity contribution in [2.24, 2.45) is 10.7 Å². The predicted octanol–water partition coefficient (Wildman–Crippen LogP) is 9.34. The highest BCUT2D eigenvalue weighted by atomic mass is 16.3. The molecule has 0 aliphatic carbocycles. The molecule has 0 fully saturated rings. The summed E-state index contributed by atoms with van der Waals surface area (Å²) < 4.78 is 1.67. The number of aromatic hydroxyl groups is 4. The first-order chi connectivity index (χ1) is 28.3. The Kier molecular flexibility index (Phi) is 9.14. The van der Waals surface area contributed by atoms with Gasteiger partial charge in [-0.25, -0.2) is 4.99 Å². The maximum absolute atomic E-state index is 11.0. The van der Waals surface area contributed by atoms with Crippen LogP contribution in [-0.4, -0.2) is 38.7 Å². The third-order valence-electron chi connectivity index (χ3n) is 10.9. The van der Waals surface area contributed by atoms with E-state index in [2.05, 4.69) is 84.9 Å². The average Bonchev–Trinajstić information content (AvgIpc) is 3.60.